The van der Waals surface area contributed by atoms with Crippen molar-refractivity contribution in [3.8, 4) is 0 Å². The number of nitrogens with zero attached hydrogens (tertiary/aromatic N) is 1. The number of carbonyl (C=O) groups is 1. The zero-order chi connectivity index (χ0) is 23.4. The van der Waals surface area contributed by atoms with Crippen LogP contribution in [0, 0.1) is 13.8 Å². The van der Waals surface area contributed by atoms with Gasteiger partial charge in [0.2, 0.25) is 0 Å². The Hall–Kier alpha value is -2.68. The number of carbonyl (C=O) groups excluding carboxylic acids is 1. The first-order valence-corrected chi connectivity index (χ1v) is 13.5. The van der Waals surface area contributed by atoms with E-state index in [0.717, 1.165) is 24.2 Å². The summed E-state index contributed by atoms with van der Waals surface area (Å²) in [6, 6.07) is 15.9. The molecule has 0 saturated carbocycles. The lowest BCUT2D eigenvalue weighted by molar-refractivity contribution is 0.0938. The molecule has 8 heteroatoms. The summed E-state index contributed by atoms with van der Waals surface area (Å²) in [7, 11) is -3.70. The maximum absolute atomic E-state index is 12.8. The third-order valence-corrected chi connectivity index (χ3v) is 8.45. The van der Waals surface area contributed by atoms with E-state index in [-0.39, 0.29) is 16.8 Å². The van der Waals surface area contributed by atoms with E-state index in [1.165, 1.54) is 17.7 Å². The van der Waals surface area contributed by atoms with E-state index in [2.05, 4.69) is 26.4 Å². The van der Waals surface area contributed by atoms with Crippen molar-refractivity contribution in [1.29, 1.82) is 0 Å². The van der Waals surface area contributed by atoms with Crippen LogP contribution in [0.4, 0.5) is 5.69 Å². The monoisotopic (exact) mass is 483 g/mol. The second-order valence-electron chi connectivity index (χ2n) is 8.41. The van der Waals surface area contributed by atoms with Gasteiger partial charge in [0.25, 0.3) is 15.9 Å². The van der Waals surface area contributed by atoms with Gasteiger partial charge in [0.1, 0.15) is 0 Å². The van der Waals surface area contributed by atoms with Crippen LogP contribution in [0.1, 0.15) is 45.2 Å². The topological polar surface area (TPSA) is 78.5 Å². The Labute approximate surface area is 199 Å². The molecule has 1 aliphatic heterocycles. The van der Waals surface area contributed by atoms with E-state index in [1.807, 2.05) is 19.9 Å². The Morgan fingerprint density at radius 3 is 2.39 bits per heavy atom. The summed E-state index contributed by atoms with van der Waals surface area (Å²) in [5, 5.41) is 5.12. The van der Waals surface area contributed by atoms with Gasteiger partial charge in [-0.15, -0.1) is 11.3 Å². The number of hydrogen-bond acceptors (Lipinski definition) is 5. The molecule has 0 aliphatic carbocycles. The quantitative estimate of drug-likeness (QED) is 0.485. The van der Waals surface area contributed by atoms with Crippen molar-refractivity contribution in [2.75, 3.05) is 24.4 Å². The molecule has 0 spiro atoms. The highest BCUT2D eigenvalue weighted by atomic mass is 32.2. The fourth-order valence-electron chi connectivity index (χ4n) is 4.02. The van der Waals surface area contributed by atoms with E-state index in [9.17, 15) is 13.2 Å². The lowest BCUT2D eigenvalue weighted by Gasteiger charge is -2.27. The highest BCUT2D eigenvalue weighted by molar-refractivity contribution is 7.92. The van der Waals surface area contributed by atoms with Gasteiger partial charge < -0.3 is 5.32 Å². The number of likely N-dealkylation sites (tertiary alicyclic amines) is 1. The number of thiophene rings is 1. The van der Waals surface area contributed by atoms with E-state index in [4.69, 9.17) is 0 Å². The fourth-order valence-corrected chi connectivity index (χ4v) is 6.02. The predicted octanol–water partition coefficient (Wildman–Crippen LogP) is 4.73. The molecular weight excluding hydrogens is 454 g/mol. The Bertz CT molecular complexity index is 1200. The molecule has 3 aromatic rings. The van der Waals surface area contributed by atoms with Gasteiger partial charge in [-0.2, -0.15) is 0 Å². The predicted molar refractivity (Wildman–Crippen MR) is 133 cm³/mol. The second-order valence-corrected chi connectivity index (χ2v) is 11.1. The maximum atomic E-state index is 12.8. The minimum atomic E-state index is -3.70. The van der Waals surface area contributed by atoms with Crippen molar-refractivity contribution >= 4 is 33.0 Å². The van der Waals surface area contributed by atoms with Crippen molar-refractivity contribution in [2.24, 2.45) is 0 Å². The van der Waals surface area contributed by atoms with Crippen LogP contribution < -0.4 is 10.0 Å². The molecule has 6 nitrogen and oxygen atoms in total. The summed E-state index contributed by atoms with van der Waals surface area (Å²) in [4.78, 5) is 16.7. The standard InChI is InChI=1S/C25H29N3O3S2/c1-18-7-12-22(16-19(18)2)33(30,31)27-21-10-8-20(9-11-21)25(29)26-17-23(24-6-5-15-32-24)28-13-3-4-14-28/h5-12,15-16,23,27H,3-4,13-14,17H2,1-2H3,(H,26,29). The Kier molecular flexibility index (Phi) is 7.17. The lowest BCUT2D eigenvalue weighted by Crippen LogP contribution is -2.36. The molecule has 4 rings (SSSR count). The summed E-state index contributed by atoms with van der Waals surface area (Å²) in [5.74, 6) is -0.167. The number of benzene rings is 2. The molecule has 1 atom stereocenters. The molecule has 0 radical (unpaired) electrons. The van der Waals surface area contributed by atoms with Gasteiger partial charge in [0.15, 0.2) is 0 Å². The smallest absolute Gasteiger partial charge is 0.261 e. The Morgan fingerprint density at radius 1 is 1.03 bits per heavy atom. The molecule has 1 aromatic heterocycles. The van der Waals surface area contributed by atoms with Crippen molar-refractivity contribution in [3.05, 3.63) is 81.5 Å². The highest BCUT2D eigenvalue weighted by Gasteiger charge is 2.25. The van der Waals surface area contributed by atoms with Crippen LogP contribution >= 0.6 is 11.3 Å². The molecule has 2 N–H and O–H groups in total. The number of anilines is 1. The largest absolute Gasteiger partial charge is 0.350 e. The second kappa shape index (κ2) is 10.1. The molecule has 1 saturated heterocycles. The van der Waals surface area contributed by atoms with Gasteiger partial charge in [0, 0.05) is 22.7 Å². The maximum Gasteiger partial charge on any atom is 0.261 e. The summed E-state index contributed by atoms with van der Waals surface area (Å²) >= 11 is 1.71. The number of rotatable bonds is 8. The Balaban J connectivity index is 1.40. The molecule has 33 heavy (non-hydrogen) atoms. The van der Waals surface area contributed by atoms with Crippen LogP contribution in [0.3, 0.4) is 0 Å². The van der Waals surface area contributed by atoms with Crippen molar-refractivity contribution in [2.45, 2.75) is 37.6 Å². The molecule has 0 bridgehead atoms. The van der Waals surface area contributed by atoms with Gasteiger partial charge >= 0.3 is 0 Å². The number of amides is 1. The minimum absolute atomic E-state index is 0.167. The van der Waals surface area contributed by atoms with Crippen molar-refractivity contribution in [1.82, 2.24) is 10.2 Å². The number of sulfonamides is 1. The van der Waals surface area contributed by atoms with Gasteiger partial charge in [-0.3, -0.25) is 14.4 Å². The zero-order valence-electron chi connectivity index (χ0n) is 18.9. The molecule has 1 amide bonds. The molecular formula is C25H29N3O3S2. The molecule has 1 aliphatic rings. The summed E-state index contributed by atoms with van der Waals surface area (Å²) in [6.07, 6.45) is 2.38. The minimum Gasteiger partial charge on any atom is -0.350 e. The van der Waals surface area contributed by atoms with Gasteiger partial charge in [0.05, 0.1) is 10.9 Å². The van der Waals surface area contributed by atoms with Crippen LogP contribution in [0.15, 0.2) is 64.9 Å². The third-order valence-electron chi connectivity index (χ3n) is 6.10. The van der Waals surface area contributed by atoms with Crippen LogP contribution in [0.2, 0.25) is 0 Å². The molecule has 174 valence electrons. The van der Waals surface area contributed by atoms with E-state index < -0.39 is 10.0 Å². The zero-order valence-corrected chi connectivity index (χ0v) is 20.5. The van der Waals surface area contributed by atoms with E-state index in [1.54, 1.807) is 53.8 Å². The molecule has 2 aromatic carbocycles. The first-order valence-electron chi connectivity index (χ1n) is 11.1. The van der Waals surface area contributed by atoms with Crippen LogP contribution in [0.5, 0.6) is 0 Å². The number of aryl methyl sites for hydroxylation is 2. The SMILES string of the molecule is Cc1ccc(S(=O)(=O)Nc2ccc(C(=O)NCC(c3cccs3)N3CCCC3)cc2)cc1C. The Morgan fingerprint density at radius 2 is 1.76 bits per heavy atom. The van der Waals surface area contributed by atoms with Gasteiger partial charge in [-0.05, 0) is 98.8 Å². The van der Waals surface area contributed by atoms with E-state index >= 15 is 0 Å². The highest BCUT2D eigenvalue weighted by Crippen LogP contribution is 2.28. The van der Waals surface area contributed by atoms with Gasteiger partial charge in [-0.1, -0.05) is 12.1 Å². The molecule has 2 heterocycles. The average Bonchev–Trinajstić information content (AvgIpc) is 3.51. The normalized spacial score (nSPS) is 15.3. The average molecular weight is 484 g/mol. The van der Waals surface area contributed by atoms with Crippen molar-refractivity contribution in [3.63, 3.8) is 0 Å². The lowest BCUT2D eigenvalue weighted by atomic mass is 10.1. The molecule has 1 fully saturated rings. The van der Waals surface area contributed by atoms with Crippen LogP contribution in [-0.4, -0.2) is 38.9 Å². The summed E-state index contributed by atoms with van der Waals surface area (Å²) < 4.78 is 28.0. The number of hydrogen-bond donors (Lipinski definition) is 2. The third kappa shape index (κ3) is 5.63. The summed E-state index contributed by atoms with van der Waals surface area (Å²) in [6.45, 7) is 6.47. The summed E-state index contributed by atoms with van der Waals surface area (Å²) in [5.41, 5.74) is 2.86. The van der Waals surface area contributed by atoms with E-state index in [0.29, 0.717) is 17.8 Å². The number of nitrogens with one attached hydrogen (secondary N) is 2. The first kappa shape index (κ1) is 23.5. The fraction of sp³-hybridized carbons (Fsp3) is 0.320. The van der Waals surface area contributed by atoms with Crippen LogP contribution in [-0.2, 0) is 10.0 Å². The molecule has 1 unspecified atom stereocenters. The van der Waals surface area contributed by atoms with Gasteiger partial charge in [-0.25, -0.2) is 8.42 Å². The first-order chi connectivity index (χ1) is 15.8. The van der Waals surface area contributed by atoms with Crippen LogP contribution in [0.25, 0.3) is 0 Å². The van der Waals surface area contributed by atoms with Crippen molar-refractivity contribution < 1.29 is 13.2 Å².